The second-order valence-corrected chi connectivity index (χ2v) is 11.1. The number of rotatable bonds is 3. The van der Waals surface area contributed by atoms with Gasteiger partial charge < -0.3 is 14.9 Å². The number of likely N-dealkylation sites (N-methyl/N-ethyl adjacent to an activating group) is 1. The van der Waals surface area contributed by atoms with Gasteiger partial charge in [-0.25, -0.2) is 14.0 Å². The smallest absolute Gasteiger partial charge is 0.416 e. The summed E-state index contributed by atoms with van der Waals surface area (Å²) < 4.78 is 94.5. The molecule has 0 aromatic heterocycles. The van der Waals surface area contributed by atoms with Crippen molar-refractivity contribution in [2.75, 3.05) is 25.5 Å². The summed E-state index contributed by atoms with van der Waals surface area (Å²) in [5.41, 5.74) is -3.50. The van der Waals surface area contributed by atoms with Crippen molar-refractivity contribution in [1.29, 1.82) is 0 Å². The fraction of sp³-hybridized carbons (Fsp3) is 0.481. The fourth-order valence-electron chi connectivity index (χ4n) is 5.44. The lowest BCUT2D eigenvalue weighted by Gasteiger charge is -2.42. The molecular formula is C27H30F7N3O3. The van der Waals surface area contributed by atoms with Gasteiger partial charge in [0.2, 0.25) is 0 Å². The maximum Gasteiger partial charge on any atom is 0.416 e. The van der Waals surface area contributed by atoms with E-state index in [0.717, 1.165) is 16.8 Å². The SMILES string of the molecule is Cc1cc(F)ccc1[C@@H]1CN(C(=O)O)C(C(C)(C)C)[C@H]1N(C)C(=O)N(C)c1cc(C(F)(F)F)cc(C(F)(F)F)c1. The number of halogens is 7. The molecule has 2 aromatic carbocycles. The number of aryl methyl sites for hydroxylation is 1. The molecule has 3 atom stereocenters. The Morgan fingerprint density at radius 1 is 0.925 bits per heavy atom. The van der Waals surface area contributed by atoms with Crippen molar-refractivity contribution in [3.05, 3.63) is 64.5 Å². The number of hydrogen-bond donors (Lipinski definition) is 1. The van der Waals surface area contributed by atoms with Gasteiger partial charge in [-0.15, -0.1) is 0 Å². The quantitative estimate of drug-likeness (QED) is 0.392. The van der Waals surface area contributed by atoms with Crippen LogP contribution in [-0.4, -0.2) is 59.8 Å². The fourth-order valence-corrected chi connectivity index (χ4v) is 5.44. The van der Waals surface area contributed by atoms with Crippen LogP contribution in [0.4, 0.5) is 46.0 Å². The first-order valence-corrected chi connectivity index (χ1v) is 12.2. The Morgan fingerprint density at radius 2 is 1.45 bits per heavy atom. The molecule has 0 saturated carbocycles. The molecule has 13 heteroatoms. The number of hydrogen-bond acceptors (Lipinski definition) is 2. The van der Waals surface area contributed by atoms with Crippen LogP contribution in [-0.2, 0) is 12.4 Å². The van der Waals surface area contributed by atoms with Crippen LogP contribution in [0.25, 0.3) is 0 Å². The Balaban J connectivity index is 2.13. The summed E-state index contributed by atoms with van der Waals surface area (Å²) in [6.07, 6.45) is -11.5. The van der Waals surface area contributed by atoms with Crippen LogP contribution in [0.2, 0.25) is 0 Å². The van der Waals surface area contributed by atoms with Gasteiger partial charge in [0.05, 0.1) is 23.2 Å². The van der Waals surface area contributed by atoms with Gasteiger partial charge in [0, 0.05) is 32.2 Å². The lowest BCUT2D eigenvalue weighted by Crippen LogP contribution is -2.56. The number of carboxylic acid groups (broad SMARTS) is 1. The van der Waals surface area contributed by atoms with Gasteiger partial charge in [-0.1, -0.05) is 26.8 Å². The van der Waals surface area contributed by atoms with Gasteiger partial charge >= 0.3 is 24.5 Å². The van der Waals surface area contributed by atoms with E-state index in [1.807, 2.05) is 0 Å². The summed E-state index contributed by atoms with van der Waals surface area (Å²) in [6.45, 7) is 6.82. The summed E-state index contributed by atoms with van der Waals surface area (Å²) in [5, 5.41) is 10.0. The molecule has 220 valence electrons. The molecule has 1 aliphatic heterocycles. The summed E-state index contributed by atoms with van der Waals surface area (Å²) >= 11 is 0. The van der Waals surface area contributed by atoms with Gasteiger partial charge in [-0.05, 0) is 53.8 Å². The third kappa shape index (κ3) is 6.12. The third-order valence-corrected chi connectivity index (χ3v) is 7.22. The number of nitrogens with zero attached hydrogens (tertiary/aromatic N) is 3. The van der Waals surface area contributed by atoms with E-state index in [9.17, 15) is 45.4 Å². The molecule has 6 nitrogen and oxygen atoms in total. The van der Waals surface area contributed by atoms with E-state index < -0.39 is 70.5 Å². The molecule has 1 aliphatic rings. The monoisotopic (exact) mass is 577 g/mol. The number of likely N-dealkylation sites (tertiary alicyclic amines) is 1. The maximum absolute atomic E-state index is 13.9. The van der Waals surface area contributed by atoms with Crippen molar-refractivity contribution < 1.29 is 45.4 Å². The summed E-state index contributed by atoms with van der Waals surface area (Å²) in [6, 6.07) is 2.13. The average Bonchev–Trinajstić information content (AvgIpc) is 3.22. The van der Waals surface area contributed by atoms with Crippen LogP contribution in [0, 0.1) is 18.2 Å². The zero-order valence-corrected chi connectivity index (χ0v) is 22.7. The van der Waals surface area contributed by atoms with E-state index in [1.165, 1.54) is 25.2 Å². The van der Waals surface area contributed by atoms with E-state index in [-0.39, 0.29) is 12.6 Å². The molecule has 0 spiro atoms. The Bertz CT molecular complexity index is 1260. The third-order valence-electron chi connectivity index (χ3n) is 7.22. The lowest BCUT2D eigenvalue weighted by atomic mass is 9.78. The summed E-state index contributed by atoms with van der Waals surface area (Å²) in [4.78, 5) is 28.9. The molecule has 0 bridgehead atoms. The molecule has 0 aliphatic carbocycles. The number of anilines is 1. The predicted octanol–water partition coefficient (Wildman–Crippen LogP) is 7.22. The van der Waals surface area contributed by atoms with Crippen LogP contribution in [0.15, 0.2) is 36.4 Å². The highest BCUT2D eigenvalue weighted by molar-refractivity contribution is 5.92. The zero-order valence-electron chi connectivity index (χ0n) is 22.7. The van der Waals surface area contributed by atoms with Gasteiger partial charge in [0.15, 0.2) is 0 Å². The minimum atomic E-state index is -5.11. The predicted molar refractivity (Wildman–Crippen MR) is 134 cm³/mol. The highest BCUT2D eigenvalue weighted by Crippen LogP contribution is 2.44. The van der Waals surface area contributed by atoms with E-state index in [4.69, 9.17) is 0 Å². The number of urea groups is 1. The minimum absolute atomic E-state index is 0.0315. The Kier molecular flexibility index (Phi) is 8.12. The standard InChI is InChI=1S/C27H30F7N3O3/c1-14-9-17(28)7-8-19(14)20-13-37(24(39)40)22(25(2,3)4)21(20)36(6)23(38)35(5)18-11-15(26(29,30)31)10-16(12-18)27(32,33)34/h7-12,20-22H,13H2,1-6H3,(H,39,40)/t20-,21-,22?/m0/s1. The van der Waals surface area contributed by atoms with E-state index in [0.29, 0.717) is 28.2 Å². The molecule has 3 rings (SSSR count). The first-order chi connectivity index (χ1) is 18.1. The largest absolute Gasteiger partial charge is 0.465 e. The molecule has 1 fully saturated rings. The molecule has 0 radical (unpaired) electrons. The average molecular weight is 578 g/mol. The van der Waals surface area contributed by atoms with E-state index in [1.54, 1.807) is 27.7 Å². The molecular weight excluding hydrogens is 547 g/mol. The second kappa shape index (κ2) is 10.5. The normalized spacial score (nSPS) is 20.0. The first kappa shape index (κ1) is 31.0. The number of benzene rings is 2. The number of carbonyl (C=O) groups excluding carboxylic acids is 1. The van der Waals surface area contributed by atoms with Gasteiger partial charge in [0.1, 0.15) is 5.82 Å². The van der Waals surface area contributed by atoms with Crippen molar-refractivity contribution in [2.45, 2.75) is 58.0 Å². The number of carbonyl (C=O) groups is 2. The Labute approximate surface area is 227 Å². The van der Waals surface area contributed by atoms with Crippen LogP contribution in [0.3, 0.4) is 0 Å². The van der Waals surface area contributed by atoms with E-state index >= 15 is 0 Å². The highest BCUT2D eigenvalue weighted by Gasteiger charge is 2.53. The molecule has 1 saturated heterocycles. The lowest BCUT2D eigenvalue weighted by molar-refractivity contribution is -0.143. The first-order valence-electron chi connectivity index (χ1n) is 12.2. The van der Waals surface area contributed by atoms with Crippen molar-refractivity contribution in [2.24, 2.45) is 5.41 Å². The Morgan fingerprint density at radius 3 is 1.88 bits per heavy atom. The van der Waals surface area contributed by atoms with Gasteiger partial charge in [0.25, 0.3) is 0 Å². The van der Waals surface area contributed by atoms with E-state index in [2.05, 4.69) is 0 Å². The van der Waals surface area contributed by atoms with Crippen LogP contribution < -0.4 is 4.90 Å². The van der Waals surface area contributed by atoms with Crippen molar-refractivity contribution in [3.63, 3.8) is 0 Å². The minimum Gasteiger partial charge on any atom is -0.465 e. The molecule has 3 amide bonds. The van der Waals surface area contributed by atoms with Crippen molar-refractivity contribution >= 4 is 17.8 Å². The second-order valence-electron chi connectivity index (χ2n) is 11.1. The molecule has 1 N–H and O–H groups in total. The van der Waals surface area contributed by atoms with Crippen LogP contribution in [0.5, 0.6) is 0 Å². The molecule has 40 heavy (non-hydrogen) atoms. The molecule has 1 unspecified atom stereocenters. The van der Waals surface area contributed by atoms with Gasteiger partial charge in [-0.2, -0.15) is 26.3 Å². The zero-order chi connectivity index (χ0) is 30.5. The van der Waals surface area contributed by atoms with Crippen molar-refractivity contribution in [1.82, 2.24) is 9.80 Å². The van der Waals surface area contributed by atoms with Crippen LogP contribution in [0.1, 0.15) is 48.9 Å². The number of alkyl halides is 6. The highest BCUT2D eigenvalue weighted by atomic mass is 19.4. The summed E-state index contributed by atoms with van der Waals surface area (Å²) in [5.74, 6) is -1.19. The molecule has 2 aromatic rings. The summed E-state index contributed by atoms with van der Waals surface area (Å²) in [7, 11) is 2.36. The molecule has 1 heterocycles. The van der Waals surface area contributed by atoms with Gasteiger partial charge in [-0.3, -0.25) is 4.90 Å². The Hall–Kier alpha value is -3.51. The number of amides is 3. The maximum atomic E-state index is 13.9. The van der Waals surface area contributed by atoms with Crippen molar-refractivity contribution in [3.8, 4) is 0 Å². The topological polar surface area (TPSA) is 64.1 Å². The van der Waals surface area contributed by atoms with Crippen LogP contribution >= 0.6 is 0 Å².